The van der Waals surface area contributed by atoms with E-state index in [0.717, 1.165) is 16.7 Å². The van der Waals surface area contributed by atoms with Gasteiger partial charge in [0.2, 0.25) is 5.78 Å². The van der Waals surface area contributed by atoms with Crippen LogP contribution in [-0.4, -0.2) is 5.78 Å². The standard InChI is InChI=1S/C24H15ClO3/c25-18-13-11-17(12-14-18)23-24-19(21(27-23)15-7-3-1-4-8-15)20(26)22(28-24)16-9-5-2-6-10-16/h1-14,22H. The number of carbonyl (C=O) groups excluding carboxylic acids is 1. The van der Waals surface area contributed by atoms with Gasteiger partial charge in [0.15, 0.2) is 17.6 Å². The number of hydrogen-bond donors (Lipinski definition) is 0. The minimum absolute atomic E-state index is 0.0935. The molecule has 0 aliphatic carbocycles. The third-order valence-electron chi connectivity index (χ3n) is 4.83. The second-order valence-electron chi connectivity index (χ2n) is 6.61. The van der Waals surface area contributed by atoms with Crippen molar-refractivity contribution in [3.63, 3.8) is 0 Å². The monoisotopic (exact) mass is 386 g/mol. The SMILES string of the molecule is O=C1c2c(-c3ccccc3)oc(-c3ccc(Cl)cc3)c2OC1c1ccccc1. The van der Waals surface area contributed by atoms with Crippen LogP contribution in [0.1, 0.15) is 22.0 Å². The van der Waals surface area contributed by atoms with Crippen molar-refractivity contribution >= 4 is 17.4 Å². The number of benzene rings is 3. The molecule has 0 bridgehead atoms. The summed E-state index contributed by atoms with van der Waals surface area (Å²) in [7, 11) is 0. The van der Waals surface area contributed by atoms with Crippen molar-refractivity contribution in [1.29, 1.82) is 0 Å². The smallest absolute Gasteiger partial charge is 0.215 e. The molecule has 1 unspecified atom stereocenters. The van der Waals surface area contributed by atoms with Gasteiger partial charge in [-0.25, -0.2) is 0 Å². The number of halogens is 1. The van der Waals surface area contributed by atoms with Gasteiger partial charge in [0.25, 0.3) is 0 Å². The first kappa shape index (κ1) is 16.8. The molecule has 0 N–H and O–H groups in total. The second kappa shape index (κ2) is 6.70. The molecule has 136 valence electrons. The van der Waals surface area contributed by atoms with Gasteiger partial charge in [0, 0.05) is 21.7 Å². The van der Waals surface area contributed by atoms with E-state index in [9.17, 15) is 4.79 Å². The molecule has 3 nitrogen and oxygen atoms in total. The van der Waals surface area contributed by atoms with E-state index in [1.807, 2.05) is 72.8 Å². The summed E-state index contributed by atoms with van der Waals surface area (Å²) in [6.45, 7) is 0. The summed E-state index contributed by atoms with van der Waals surface area (Å²) in [6, 6.07) is 26.4. The maximum absolute atomic E-state index is 13.3. The molecule has 5 rings (SSSR count). The normalized spacial score (nSPS) is 15.3. The molecule has 1 aromatic heterocycles. The average molecular weight is 387 g/mol. The summed E-state index contributed by atoms with van der Waals surface area (Å²) >= 11 is 6.03. The molecule has 0 spiro atoms. The largest absolute Gasteiger partial charge is 0.473 e. The number of Topliss-reactive ketones (excluding diaryl/α,β-unsaturated/α-hetero) is 1. The molecule has 1 atom stereocenters. The van der Waals surface area contributed by atoms with Crippen molar-refractivity contribution in [2.24, 2.45) is 0 Å². The lowest BCUT2D eigenvalue weighted by molar-refractivity contribution is 0.0854. The Morgan fingerprint density at radius 3 is 2.00 bits per heavy atom. The quantitative estimate of drug-likeness (QED) is 0.399. The fraction of sp³-hybridized carbons (Fsp3) is 0.0417. The van der Waals surface area contributed by atoms with E-state index >= 15 is 0 Å². The number of ketones is 1. The van der Waals surface area contributed by atoms with Crippen LogP contribution in [0.4, 0.5) is 0 Å². The van der Waals surface area contributed by atoms with Crippen LogP contribution in [0.25, 0.3) is 22.6 Å². The van der Waals surface area contributed by atoms with E-state index in [4.69, 9.17) is 20.8 Å². The first-order valence-electron chi connectivity index (χ1n) is 8.96. The van der Waals surface area contributed by atoms with Gasteiger partial charge in [-0.15, -0.1) is 0 Å². The minimum atomic E-state index is -0.670. The molecule has 0 amide bonds. The van der Waals surface area contributed by atoms with Crippen LogP contribution >= 0.6 is 11.6 Å². The lowest BCUT2D eigenvalue weighted by Gasteiger charge is -2.11. The topological polar surface area (TPSA) is 39.4 Å². The minimum Gasteiger partial charge on any atom is -0.473 e. The van der Waals surface area contributed by atoms with E-state index in [1.165, 1.54) is 0 Å². The first-order valence-corrected chi connectivity index (χ1v) is 9.34. The highest BCUT2D eigenvalue weighted by molar-refractivity contribution is 6.30. The van der Waals surface area contributed by atoms with E-state index in [0.29, 0.717) is 27.9 Å². The van der Waals surface area contributed by atoms with Crippen LogP contribution in [0.15, 0.2) is 89.3 Å². The van der Waals surface area contributed by atoms with Crippen LogP contribution < -0.4 is 4.74 Å². The Hall–Kier alpha value is -3.30. The van der Waals surface area contributed by atoms with E-state index in [1.54, 1.807) is 12.1 Å². The zero-order valence-electron chi connectivity index (χ0n) is 14.8. The molecule has 2 heterocycles. The van der Waals surface area contributed by atoms with Crippen LogP contribution in [0.5, 0.6) is 5.75 Å². The Bertz CT molecular complexity index is 1150. The zero-order valence-corrected chi connectivity index (χ0v) is 15.5. The lowest BCUT2D eigenvalue weighted by atomic mass is 9.99. The van der Waals surface area contributed by atoms with Gasteiger partial charge in [-0.2, -0.15) is 0 Å². The van der Waals surface area contributed by atoms with Gasteiger partial charge in [-0.05, 0) is 24.3 Å². The molecule has 4 heteroatoms. The van der Waals surface area contributed by atoms with Gasteiger partial charge in [0.1, 0.15) is 11.3 Å². The Kier molecular flexibility index (Phi) is 4.03. The predicted molar refractivity (Wildman–Crippen MR) is 109 cm³/mol. The van der Waals surface area contributed by atoms with Crippen molar-refractivity contribution in [2.75, 3.05) is 0 Å². The van der Waals surface area contributed by atoms with Gasteiger partial charge in [0.05, 0.1) is 0 Å². The summed E-state index contributed by atoms with van der Waals surface area (Å²) in [5, 5.41) is 0.634. The van der Waals surface area contributed by atoms with Gasteiger partial charge in [-0.3, -0.25) is 4.79 Å². The Labute approximate surface area is 167 Å². The number of rotatable bonds is 3. The highest BCUT2D eigenvalue weighted by Crippen LogP contribution is 2.50. The second-order valence-corrected chi connectivity index (χ2v) is 7.05. The van der Waals surface area contributed by atoms with E-state index < -0.39 is 6.10 Å². The van der Waals surface area contributed by atoms with Gasteiger partial charge < -0.3 is 9.15 Å². The van der Waals surface area contributed by atoms with Crippen molar-refractivity contribution in [2.45, 2.75) is 6.10 Å². The highest BCUT2D eigenvalue weighted by Gasteiger charge is 2.41. The summed E-state index contributed by atoms with van der Waals surface area (Å²) in [4.78, 5) is 13.3. The van der Waals surface area contributed by atoms with Crippen molar-refractivity contribution in [3.05, 3.63) is 101 Å². The summed E-state index contributed by atoms with van der Waals surface area (Å²) in [6.07, 6.45) is -0.670. The Morgan fingerprint density at radius 2 is 1.32 bits per heavy atom. The number of furan rings is 1. The molecular formula is C24H15ClO3. The fourth-order valence-corrected chi connectivity index (χ4v) is 3.61. The third-order valence-corrected chi connectivity index (χ3v) is 5.08. The maximum Gasteiger partial charge on any atom is 0.215 e. The molecule has 1 aliphatic rings. The van der Waals surface area contributed by atoms with Crippen LogP contribution in [-0.2, 0) is 0 Å². The molecule has 0 radical (unpaired) electrons. The Morgan fingerprint density at radius 1 is 0.714 bits per heavy atom. The summed E-state index contributed by atoms with van der Waals surface area (Å²) < 4.78 is 12.3. The van der Waals surface area contributed by atoms with Crippen molar-refractivity contribution in [1.82, 2.24) is 0 Å². The molecule has 1 aliphatic heterocycles. The van der Waals surface area contributed by atoms with Gasteiger partial charge >= 0.3 is 0 Å². The van der Waals surface area contributed by atoms with Gasteiger partial charge in [-0.1, -0.05) is 72.3 Å². The van der Waals surface area contributed by atoms with Crippen LogP contribution in [0, 0.1) is 0 Å². The molecule has 28 heavy (non-hydrogen) atoms. The summed E-state index contributed by atoms with van der Waals surface area (Å²) in [5.41, 5.74) is 2.96. The van der Waals surface area contributed by atoms with E-state index in [2.05, 4.69) is 0 Å². The average Bonchev–Trinajstić information content (AvgIpc) is 3.28. The number of ether oxygens (including phenoxy) is 1. The molecular weight excluding hydrogens is 372 g/mol. The van der Waals surface area contributed by atoms with Crippen molar-refractivity contribution < 1.29 is 13.9 Å². The lowest BCUT2D eigenvalue weighted by Crippen LogP contribution is -2.11. The third kappa shape index (κ3) is 2.72. The molecule has 4 aromatic rings. The molecule has 3 aromatic carbocycles. The number of hydrogen-bond acceptors (Lipinski definition) is 3. The predicted octanol–water partition coefficient (Wildman–Crippen LogP) is 6.58. The molecule has 0 fully saturated rings. The Balaban J connectivity index is 1.69. The van der Waals surface area contributed by atoms with E-state index in [-0.39, 0.29) is 5.78 Å². The summed E-state index contributed by atoms with van der Waals surface area (Å²) in [5.74, 6) is 1.46. The fourth-order valence-electron chi connectivity index (χ4n) is 3.49. The number of fused-ring (bicyclic) bond motifs is 1. The first-order chi connectivity index (χ1) is 13.7. The van der Waals surface area contributed by atoms with Crippen LogP contribution in [0.2, 0.25) is 5.02 Å². The highest BCUT2D eigenvalue weighted by atomic mass is 35.5. The maximum atomic E-state index is 13.3. The van der Waals surface area contributed by atoms with Crippen LogP contribution in [0.3, 0.4) is 0 Å². The number of carbonyl (C=O) groups is 1. The molecule has 0 saturated carbocycles. The van der Waals surface area contributed by atoms with Crippen molar-refractivity contribution in [3.8, 4) is 28.4 Å². The zero-order chi connectivity index (χ0) is 19.1. The molecule has 0 saturated heterocycles.